The van der Waals surface area contributed by atoms with Crippen LogP contribution in [0.3, 0.4) is 0 Å². The van der Waals surface area contributed by atoms with Gasteiger partial charge < -0.3 is 14.8 Å². The van der Waals surface area contributed by atoms with E-state index in [-0.39, 0.29) is 23.9 Å². The maximum Gasteiger partial charge on any atom is 0.328 e. The molecule has 0 bridgehead atoms. The number of hydrazine groups is 1. The predicted octanol–water partition coefficient (Wildman–Crippen LogP) is 0.555. The largest absolute Gasteiger partial charge is 0.467 e. The summed E-state index contributed by atoms with van der Waals surface area (Å²) in [5.74, 6) is 5.55. The van der Waals surface area contributed by atoms with Crippen molar-refractivity contribution < 1.29 is 14.3 Å². The Morgan fingerprint density at radius 1 is 1.29 bits per heavy atom. The first-order valence-electron chi connectivity index (χ1n) is 6.70. The quantitative estimate of drug-likeness (QED) is 0.358. The third-order valence-electron chi connectivity index (χ3n) is 2.51. The molecule has 0 aromatic carbocycles. The number of carbonyl (C=O) groups excluding carboxylic acids is 1. The number of nitrogens with two attached hydrogens (primary N) is 1. The Labute approximate surface area is 123 Å². The minimum atomic E-state index is -0.558. The standard InChI is InChI=1S/C12H22N6O3/c1-5-21-12-16-10(15-11(17-12)18-13)14-8(6-7(2)3)9(19)20-4/h7-8H,5-6,13H2,1-4H3,(H2,14,15,16,17,18). The van der Waals surface area contributed by atoms with E-state index in [0.29, 0.717) is 18.9 Å². The molecule has 0 amide bonds. The van der Waals surface area contributed by atoms with E-state index in [9.17, 15) is 4.79 Å². The number of nitrogens with zero attached hydrogens (tertiary/aromatic N) is 3. The van der Waals surface area contributed by atoms with E-state index in [2.05, 4.69) is 25.7 Å². The molecule has 1 aromatic rings. The zero-order valence-electron chi connectivity index (χ0n) is 12.7. The van der Waals surface area contributed by atoms with E-state index in [1.807, 2.05) is 20.8 Å². The number of methoxy groups -OCH3 is 1. The molecule has 118 valence electrons. The lowest BCUT2D eigenvalue weighted by Crippen LogP contribution is -2.33. The highest BCUT2D eigenvalue weighted by atomic mass is 16.5. The molecule has 0 spiro atoms. The van der Waals surface area contributed by atoms with Gasteiger partial charge in [0.15, 0.2) is 0 Å². The third-order valence-corrected chi connectivity index (χ3v) is 2.51. The van der Waals surface area contributed by atoms with Crippen LogP contribution in [0.15, 0.2) is 0 Å². The maximum atomic E-state index is 11.8. The van der Waals surface area contributed by atoms with Gasteiger partial charge in [-0.25, -0.2) is 10.6 Å². The van der Waals surface area contributed by atoms with Crippen LogP contribution in [0, 0.1) is 5.92 Å². The second-order valence-corrected chi connectivity index (χ2v) is 4.69. The lowest BCUT2D eigenvalue weighted by atomic mass is 10.0. The number of aromatic nitrogens is 3. The average molecular weight is 298 g/mol. The molecule has 1 rings (SSSR count). The zero-order valence-corrected chi connectivity index (χ0v) is 12.7. The molecule has 0 fully saturated rings. The third kappa shape index (κ3) is 5.38. The van der Waals surface area contributed by atoms with Gasteiger partial charge in [0.05, 0.1) is 13.7 Å². The normalized spacial score (nSPS) is 11.9. The van der Waals surface area contributed by atoms with Gasteiger partial charge in [0.2, 0.25) is 11.9 Å². The first kappa shape index (κ1) is 16.9. The van der Waals surface area contributed by atoms with E-state index < -0.39 is 6.04 Å². The van der Waals surface area contributed by atoms with Gasteiger partial charge in [-0.3, -0.25) is 5.43 Å². The van der Waals surface area contributed by atoms with Crippen LogP contribution in [0.2, 0.25) is 0 Å². The fourth-order valence-corrected chi connectivity index (χ4v) is 1.66. The van der Waals surface area contributed by atoms with Gasteiger partial charge in [0, 0.05) is 0 Å². The molecule has 0 aliphatic heterocycles. The summed E-state index contributed by atoms with van der Waals surface area (Å²) >= 11 is 0. The fourth-order valence-electron chi connectivity index (χ4n) is 1.66. The molecule has 1 aromatic heterocycles. The number of nitrogens with one attached hydrogen (secondary N) is 2. The molecule has 1 atom stereocenters. The molecule has 1 unspecified atom stereocenters. The van der Waals surface area contributed by atoms with Crippen molar-refractivity contribution in [2.75, 3.05) is 24.5 Å². The van der Waals surface area contributed by atoms with Gasteiger partial charge in [-0.1, -0.05) is 13.8 Å². The number of carbonyl (C=O) groups is 1. The fraction of sp³-hybridized carbons (Fsp3) is 0.667. The van der Waals surface area contributed by atoms with Crippen molar-refractivity contribution >= 4 is 17.9 Å². The topological polar surface area (TPSA) is 124 Å². The van der Waals surface area contributed by atoms with Crippen LogP contribution >= 0.6 is 0 Å². The van der Waals surface area contributed by atoms with E-state index >= 15 is 0 Å². The Morgan fingerprint density at radius 3 is 2.48 bits per heavy atom. The summed E-state index contributed by atoms with van der Waals surface area (Å²) < 4.78 is 10.0. The van der Waals surface area contributed by atoms with Gasteiger partial charge in [0.1, 0.15) is 6.04 Å². The highest BCUT2D eigenvalue weighted by Gasteiger charge is 2.22. The number of hydrogen-bond donors (Lipinski definition) is 3. The minimum absolute atomic E-state index is 0.121. The molecular formula is C12H22N6O3. The van der Waals surface area contributed by atoms with E-state index in [1.54, 1.807) is 0 Å². The van der Waals surface area contributed by atoms with Crippen LogP contribution in [0.1, 0.15) is 27.2 Å². The molecule has 9 heteroatoms. The van der Waals surface area contributed by atoms with Gasteiger partial charge in [-0.2, -0.15) is 15.0 Å². The van der Waals surface area contributed by atoms with Crippen LogP contribution in [0.25, 0.3) is 0 Å². The lowest BCUT2D eigenvalue weighted by Gasteiger charge is -2.18. The van der Waals surface area contributed by atoms with Crippen LogP contribution in [0.4, 0.5) is 11.9 Å². The van der Waals surface area contributed by atoms with Gasteiger partial charge in [0.25, 0.3) is 0 Å². The minimum Gasteiger partial charge on any atom is -0.467 e. The summed E-state index contributed by atoms with van der Waals surface area (Å²) in [7, 11) is 1.34. The zero-order chi connectivity index (χ0) is 15.8. The van der Waals surface area contributed by atoms with Crippen molar-refractivity contribution in [2.45, 2.75) is 33.2 Å². The summed E-state index contributed by atoms with van der Waals surface area (Å²) in [6, 6.07) is -0.436. The summed E-state index contributed by atoms with van der Waals surface area (Å²) in [6.07, 6.45) is 0.577. The Bertz CT molecular complexity index is 468. The van der Waals surface area contributed by atoms with Gasteiger partial charge >= 0.3 is 12.0 Å². The van der Waals surface area contributed by atoms with Crippen molar-refractivity contribution in [3.8, 4) is 6.01 Å². The van der Waals surface area contributed by atoms with Crippen molar-refractivity contribution in [3.05, 3.63) is 0 Å². The second kappa shape index (κ2) is 8.20. The van der Waals surface area contributed by atoms with Gasteiger partial charge in [-0.15, -0.1) is 0 Å². The first-order chi connectivity index (χ1) is 9.99. The van der Waals surface area contributed by atoms with Crippen molar-refractivity contribution in [1.82, 2.24) is 15.0 Å². The molecule has 9 nitrogen and oxygen atoms in total. The molecule has 21 heavy (non-hydrogen) atoms. The number of anilines is 2. The molecule has 0 saturated carbocycles. The van der Waals surface area contributed by atoms with Crippen LogP contribution in [-0.2, 0) is 9.53 Å². The number of ether oxygens (including phenoxy) is 2. The average Bonchev–Trinajstić information content (AvgIpc) is 2.45. The summed E-state index contributed by atoms with van der Waals surface area (Å²) in [6.45, 7) is 6.22. The van der Waals surface area contributed by atoms with Crippen LogP contribution < -0.4 is 21.3 Å². The first-order valence-corrected chi connectivity index (χ1v) is 6.70. The highest BCUT2D eigenvalue weighted by Crippen LogP contribution is 2.15. The molecule has 0 radical (unpaired) electrons. The molecule has 0 saturated heterocycles. The van der Waals surface area contributed by atoms with Gasteiger partial charge in [-0.05, 0) is 19.3 Å². The molecule has 4 N–H and O–H groups in total. The summed E-state index contributed by atoms with van der Waals surface area (Å²) in [4.78, 5) is 23.8. The van der Waals surface area contributed by atoms with Crippen molar-refractivity contribution in [1.29, 1.82) is 0 Å². The maximum absolute atomic E-state index is 11.8. The van der Waals surface area contributed by atoms with Crippen LogP contribution in [-0.4, -0.2) is 40.7 Å². The number of esters is 1. The molecule has 0 aliphatic carbocycles. The van der Waals surface area contributed by atoms with Crippen LogP contribution in [0.5, 0.6) is 6.01 Å². The molecule has 0 aliphatic rings. The molecular weight excluding hydrogens is 276 g/mol. The van der Waals surface area contributed by atoms with E-state index in [4.69, 9.17) is 15.3 Å². The Hall–Kier alpha value is -2.16. The predicted molar refractivity (Wildman–Crippen MR) is 77.7 cm³/mol. The number of hydrogen-bond acceptors (Lipinski definition) is 9. The lowest BCUT2D eigenvalue weighted by molar-refractivity contribution is -0.141. The van der Waals surface area contributed by atoms with E-state index in [0.717, 1.165) is 0 Å². The number of rotatable bonds is 8. The van der Waals surface area contributed by atoms with Crippen molar-refractivity contribution in [2.24, 2.45) is 11.8 Å². The second-order valence-electron chi connectivity index (χ2n) is 4.69. The highest BCUT2D eigenvalue weighted by molar-refractivity contribution is 5.78. The molecule has 1 heterocycles. The Balaban J connectivity index is 2.95. The van der Waals surface area contributed by atoms with Crippen molar-refractivity contribution in [3.63, 3.8) is 0 Å². The summed E-state index contributed by atoms with van der Waals surface area (Å²) in [5.41, 5.74) is 2.33. The monoisotopic (exact) mass is 298 g/mol. The van der Waals surface area contributed by atoms with E-state index in [1.165, 1.54) is 7.11 Å². The summed E-state index contributed by atoms with van der Waals surface area (Å²) in [5, 5.41) is 2.92. The Morgan fingerprint density at radius 2 is 1.95 bits per heavy atom. The number of nitrogen functional groups attached to an aromatic ring is 1. The smallest absolute Gasteiger partial charge is 0.328 e. The SMILES string of the molecule is CCOc1nc(NN)nc(NC(CC(C)C)C(=O)OC)n1. The Kier molecular flexibility index (Phi) is 6.60.